The average Bonchev–Trinajstić information content (AvgIpc) is 2.91. The fourth-order valence-corrected chi connectivity index (χ4v) is 4.28. The quantitative estimate of drug-likeness (QED) is 0.231. The third kappa shape index (κ3) is 9.42. The van der Waals surface area contributed by atoms with Crippen molar-refractivity contribution in [1.82, 2.24) is 10.2 Å². The molecule has 3 aromatic rings. The number of hydrogen-bond acceptors (Lipinski definition) is 3. The molecule has 3 aromatic carbocycles. The molecule has 1 N–H and O–H groups in total. The summed E-state index contributed by atoms with van der Waals surface area (Å²) < 4.78 is 5.77. The van der Waals surface area contributed by atoms with Crippen molar-refractivity contribution in [1.29, 1.82) is 0 Å². The molecular weight excluding hydrogens is 507 g/mol. The molecule has 0 aliphatic heterocycles. The van der Waals surface area contributed by atoms with E-state index in [1.54, 1.807) is 35.2 Å². The Morgan fingerprint density at radius 3 is 2.32 bits per heavy atom. The molecule has 0 heterocycles. The van der Waals surface area contributed by atoms with Crippen LogP contribution in [0.15, 0.2) is 78.9 Å². The number of benzene rings is 3. The van der Waals surface area contributed by atoms with Gasteiger partial charge in [-0.25, -0.2) is 0 Å². The van der Waals surface area contributed by atoms with Crippen LogP contribution in [-0.2, 0) is 22.6 Å². The van der Waals surface area contributed by atoms with Crippen LogP contribution in [0.1, 0.15) is 43.7 Å². The number of hydrogen-bond donors (Lipinski definition) is 1. The summed E-state index contributed by atoms with van der Waals surface area (Å²) in [5, 5.41) is 4.24. The lowest BCUT2D eigenvalue weighted by atomic mass is 10.0. The van der Waals surface area contributed by atoms with Gasteiger partial charge in [0.2, 0.25) is 11.8 Å². The van der Waals surface area contributed by atoms with E-state index < -0.39 is 6.04 Å². The van der Waals surface area contributed by atoms with Crippen molar-refractivity contribution < 1.29 is 14.3 Å². The summed E-state index contributed by atoms with van der Waals surface area (Å²) in [5.41, 5.74) is 1.79. The number of rotatable bonds is 14. The van der Waals surface area contributed by atoms with Crippen molar-refractivity contribution >= 4 is 35.0 Å². The molecule has 0 radical (unpaired) electrons. The summed E-state index contributed by atoms with van der Waals surface area (Å²) in [6, 6.07) is 23.6. The second-order valence-corrected chi connectivity index (χ2v) is 9.71. The highest BCUT2D eigenvalue weighted by atomic mass is 35.5. The Kier molecular flexibility index (Phi) is 11.8. The molecule has 196 valence electrons. The molecule has 0 saturated carbocycles. The summed E-state index contributed by atoms with van der Waals surface area (Å²) in [6.07, 6.45) is 3.02. The lowest BCUT2D eigenvalue weighted by Gasteiger charge is -2.32. The third-order valence-electron chi connectivity index (χ3n) is 6.02. The standard InChI is InChI=1S/C30H34Cl2N2O3/c1-2-3-19-33-30(36)28(21-23-10-5-4-6-11-23)34(22-24-12-7-8-13-27(24)32)29(35)14-9-20-37-26-17-15-25(31)16-18-26/h4-8,10-13,15-18,28H,2-3,9,14,19-22H2,1H3,(H,33,36). The van der Waals surface area contributed by atoms with E-state index in [4.69, 9.17) is 27.9 Å². The summed E-state index contributed by atoms with van der Waals surface area (Å²) >= 11 is 12.4. The molecule has 37 heavy (non-hydrogen) atoms. The Morgan fingerprint density at radius 2 is 1.62 bits per heavy atom. The number of ether oxygens (including phenoxy) is 1. The van der Waals surface area contributed by atoms with Crippen LogP contribution in [0.4, 0.5) is 0 Å². The zero-order chi connectivity index (χ0) is 26.5. The van der Waals surface area contributed by atoms with Crippen LogP contribution in [0.25, 0.3) is 0 Å². The molecule has 0 bridgehead atoms. The Balaban J connectivity index is 1.78. The van der Waals surface area contributed by atoms with Crippen LogP contribution < -0.4 is 10.1 Å². The van der Waals surface area contributed by atoms with Crippen LogP contribution in [-0.4, -0.2) is 35.9 Å². The number of carbonyl (C=O) groups is 2. The van der Waals surface area contributed by atoms with Gasteiger partial charge in [0.15, 0.2) is 0 Å². The van der Waals surface area contributed by atoms with Crippen molar-refractivity contribution in [2.45, 2.75) is 51.6 Å². The molecule has 0 spiro atoms. The second kappa shape index (κ2) is 15.3. The maximum absolute atomic E-state index is 13.6. The van der Waals surface area contributed by atoms with Crippen LogP contribution in [0.5, 0.6) is 5.75 Å². The van der Waals surface area contributed by atoms with E-state index in [9.17, 15) is 9.59 Å². The molecule has 5 nitrogen and oxygen atoms in total. The fourth-order valence-electron chi connectivity index (χ4n) is 3.96. The number of halogens is 2. The highest BCUT2D eigenvalue weighted by Crippen LogP contribution is 2.22. The van der Waals surface area contributed by atoms with Crippen LogP contribution >= 0.6 is 23.2 Å². The Labute approximate surface area is 229 Å². The van der Waals surface area contributed by atoms with Crippen molar-refractivity contribution in [3.8, 4) is 5.75 Å². The summed E-state index contributed by atoms with van der Waals surface area (Å²) in [5.74, 6) is 0.420. The van der Waals surface area contributed by atoms with Gasteiger partial charge in [0.1, 0.15) is 11.8 Å². The van der Waals surface area contributed by atoms with E-state index in [2.05, 4.69) is 12.2 Å². The van der Waals surface area contributed by atoms with Crippen molar-refractivity contribution in [2.75, 3.05) is 13.2 Å². The zero-order valence-corrected chi connectivity index (χ0v) is 22.7. The SMILES string of the molecule is CCCCNC(=O)C(Cc1ccccc1)N(Cc1ccccc1Cl)C(=O)CCCOc1ccc(Cl)cc1. The van der Waals surface area contributed by atoms with Crippen LogP contribution in [0.3, 0.4) is 0 Å². The van der Waals surface area contributed by atoms with E-state index in [1.807, 2.05) is 48.5 Å². The maximum atomic E-state index is 13.6. The van der Waals surface area contributed by atoms with Gasteiger partial charge >= 0.3 is 0 Å². The molecule has 1 atom stereocenters. The first-order valence-electron chi connectivity index (χ1n) is 12.7. The molecule has 0 aliphatic carbocycles. The molecule has 7 heteroatoms. The van der Waals surface area contributed by atoms with E-state index in [0.717, 1.165) is 24.0 Å². The van der Waals surface area contributed by atoms with Gasteiger partial charge in [0, 0.05) is 36.0 Å². The predicted molar refractivity (Wildman–Crippen MR) is 150 cm³/mol. The Morgan fingerprint density at radius 1 is 0.919 bits per heavy atom. The molecule has 0 fully saturated rings. The van der Waals surface area contributed by atoms with Gasteiger partial charge in [0.25, 0.3) is 0 Å². The predicted octanol–water partition coefficient (Wildman–Crippen LogP) is 6.71. The van der Waals surface area contributed by atoms with E-state index in [0.29, 0.717) is 41.8 Å². The normalized spacial score (nSPS) is 11.5. The summed E-state index contributed by atoms with van der Waals surface area (Å²) in [4.78, 5) is 28.7. The van der Waals surface area contributed by atoms with Gasteiger partial charge in [0.05, 0.1) is 6.61 Å². The topological polar surface area (TPSA) is 58.6 Å². The first-order chi connectivity index (χ1) is 18.0. The van der Waals surface area contributed by atoms with E-state index in [1.165, 1.54) is 0 Å². The van der Waals surface area contributed by atoms with Crippen LogP contribution in [0, 0.1) is 0 Å². The third-order valence-corrected chi connectivity index (χ3v) is 6.64. The first-order valence-corrected chi connectivity index (χ1v) is 13.5. The number of amides is 2. The molecular formula is C30H34Cl2N2O3. The maximum Gasteiger partial charge on any atom is 0.243 e. The van der Waals surface area contributed by atoms with Gasteiger partial charge < -0.3 is 15.0 Å². The highest BCUT2D eigenvalue weighted by molar-refractivity contribution is 6.31. The fraction of sp³-hybridized carbons (Fsp3) is 0.333. The molecule has 0 aliphatic rings. The summed E-state index contributed by atoms with van der Waals surface area (Å²) in [6.45, 7) is 3.27. The average molecular weight is 542 g/mol. The minimum Gasteiger partial charge on any atom is -0.494 e. The monoisotopic (exact) mass is 540 g/mol. The van der Waals surface area contributed by atoms with E-state index in [-0.39, 0.29) is 24.8 Å². The second-order valence-electron chi connectivity index (χ2n) is 8.87. The largest absolute Gasteiger partial charge is 0.494 e. The van der Waals surface area contributed by atoms with E-state index >= 15 is 0 Å². The zero-order valence-electron chi connectivity index (χ0n) is 21.2. The first kappa shape index (κ1) is 28.5. The van der Waals surface area contributed by atoms with Crippen molar-refractivity contribution in [3.05, 3.63) is 100 Å². The van der Waals surface area contributed by atoms with Crippen molar-refractivity contribution in [3.63, 3.8) is 0 Å². The number of nitrogens with zero attached hydrogens (tertiary/aromatic N) is 1. The number of carbonyl (C=O) groups excluding carboxylic acids is 2. The van der Waals surface area contributed by atoms with Gasteiger partial charge in [-0.05, 0) is 54.3 Å². The number of nitrogens with one attached hydrogen (secondary N) is 1. The van der Waals surface area contributed by atoms with Gasteiger partial charge in [-0.2, -0.15) is 0 Å². The molecule has 0 aromatic heterocycles. The molecule has 2 amide bonds. The lowest BCUT2D eigenvalue weighted by Crippen LogP contribution is -2.50. The Bertz CT molecular complexity index is 1120. The highest BCUT2D eigenvalue weighted by Gasteiger charge is 2.30. The number of unbranched alkanes of at least 4 members (excludes halogenated alkanes) is 1. The molecule has 3 rings (SSSR count). The molecule has 1 unspecified atom stereocenters. The van der Waals surface area contributed by atoms with Crippen LogP contribution in [0.2, 0.25) is 10.0 Å². The van der Waals surface area contributed by atoms with Gasteiger partial charge in [-0.15, -0.1) is 0 Å². The Hall–Kier alpha value is -3.02. The molecule has 0 saturated heterocycles. The summed E-state index contributed by atoms with van der Waals surface area (Å²) in [7, 11) is 0. The minimum absolute atomic E-state index is 0.119. The smallest absolute Gasteiger partial charge is 0.243 e. The lowest BCUT2D eigenvalue weighted by molar-refractivity contribution is -0.141. The van der Waals surface area contributed by atoms with Gasteiger partial charge in [-0.1, -0.05) is 85.1 Å². The minimum atomic E-state index is -0.666. The van der Waals surface area contributed by atoms with Gasteiger partial charge in [-0.3, -0.25) is 9.59 Å². The van der Waals surface area contributed by atoms with Crippen molar-refractivity contribution in [2.24, 2.45) is 0 Å².